The molecule has 0 aliphatic rings. The van der Waals surface area contributed by atoms with Gasteiger partial charge in [-0.25, -0.2) is 18.7 Å². The zero-order valence-corrected chi connectivity index (χ0v) is 22.2. The number of hydrogen-bond acceptors (Lipinski definition) is 6. The Bertz CT molecular complexity index is 1770. The molecule has 5 rings (SSSR count). The Hall–Kier alpha value is -4.64. The Morgan fingerprint density at radius 3 is 2.42 bits per heavy atom. The van der Waals surface area contributed by atoms with Crippen molar-refractivity contribution in [2.75, 3.05) is 11.1 Å². The maximum Gasteiger partial charge on any atom is 0.284 e. The van der Waals surface area contributed by atoms with Gasteiger partial charge in [-0.15, -0.1) is 0 Å². The van der Waals surface area contributed by atoms with Crippen LogP contribution in [0, 0.1) is 0 Å². The van der Waals surface area contributed by atoms with Gasteiger partial charge in [0.2, 0.25) is 0 Å². The van der Waals surface area contributed by atoms with Crippen LogP contribution >= 0.6 is 11.6 Å². The summed E-state index contributed by atoms with van der Waals surface area (Å²) in [6.45, 7) is 3.28. The summed E-state index contributed by atoms with van der Waals surface area (Å²) in [4.78, 5) is 34.6. The molecule has 0 atom stereocenters. The minimum atomic E-state index is -2.58. The van der Waals surface area contributed by atoms with Gasteiger partial charge in [-0.05, 0) is 53.9 Å². The highest BCUT2D eigenvalue weighted by Gasteiger charge is 2.20. The maximum absolute atomic E-state index is 13.3. The number of nitrogens with one attached hydrogen (secondary N) is 1. The monoisotopic (exact) mass is 563 g/mol. The highest BCUT2D eigenvalue weighted by atomic mass is 35.5. The molecule has 3 N–H and O–H groups in total. The summed E-state index contributed by atoms with van der Waals surface area (Å²) in [5.41, 5.74) is 8.41. The summed E-state index contributed by atoms with van der Waals surface area (Å²) in [6, 6.07) is 14.8. The van der Waals surface area contributed by atoms with E-state index >= 15 is 0 Å². The fourth-order valence-electron chi connectivity index (χ4n) is 4.30. The molecule has 0 radical (unpaired) electrons. The molecule has 0 saturated carbocycles. The number of nitrogens with two attached hydrogens (primary N) is 1. The molecule has 0 fully saturated rings. The van der Waals surface area contributed by atoms with Crippen LogP contribution in [0.2, 0.25) is 5.02 Å². The van der Waals surface area contributed by atoms with Crippen LogP contribution in [-0.4, -0.2) is 36.6 Å². The first-order valence-electron chi connectivity index (χ1n) is 12.3. The van der Waals surface area contributed by atoms with Gasteiger partial charge in [-0.1, -0.05) is 37.6 Å². The number of nitrogen functional groups attached to an aromatic ring is 1. The number of aromatic nitrogens is 5. The quantitative estimate of drug-likeness (QED) is 0.269. The van der Waals surface area contributed by atoms with Gasteiger partial charge in [0.05, 0.1) is 23.3 Å². The summed E-state index contributed by atoms with van der Waals surface area (Å²) in [6.07, 6.45) is 0.206. The number of carbonyl (C=O) groups excluding carboxylic acids is 1. The zero-order valence-electron chi connectivity index (χ0n) is 21.5. The number of nitrogens with zero attached hydrogens (tertiary/aromatic N) is 5. The molecule has 0 aliphatic carbocycles. The van der Waals surface area contributed by atoms with Crippen molar-refractivity contribution < 1.29 is 13.6 Å². The first-order chi connectivity index (χ1) is 19.1. The first kappa shape index (κ1) is 26.9. The molecule has 0 spiro atoms. The molecular formula is C28H24ClF2N7O2. The van der Waals surface area contributed by atoms with Gasteiger partial charge in [0.15, 0.2) is 0 Å². The van der Waals surface area contributed by atoms with Crippen molar-refractivity contribution in [1.29, 1.82) is 0 Å². The van der Waals surface area contributed by atoms with Crippen molar-refractivity contribution in [1.82, 2.24) is 24.3 Å². The van der Waals surface area contributed by atoms with Gasteiger partial charge in [-0.3, -0.25) is 9.59 Å². The number of alkyl halides is 2. The SMILES string of the molecule is CC(C)c1cc(C(=O)Nc2ccc(-c3cn(CC(F)F)c4ncnc(N)c34)cc2)c(=O)n(-c2ccc(Cl)cc2)n1. The third-order valence-corrected chi connectivity index (χ3v) is 6.56. The molecule has 3 heterocycles. The van der Waals surface area contributed by atoms with E-state index in [0.29, 0.717) is 44.3 Å². The van der Waals surface area contributed by atoms with Crippen LogP contribution in [0.4, 0.5) is 20.3 Å². The number of carbonyl (C=O) groups is 1. The second-order valence-electron chi connectivity index (χ2n) is 9.41. The van der Waals surface area contributed by atoms with E-state index in [1.54, 1.807) is 54.7 Å². The molecule has 0 saturated heterocycles. The minimum absolute atomic E-state index is 0.0476. The normalized spacial score (nSPS) is 11.5. The van der Waals surface area contributed by atoms with Crippen LogP contribution < -0.4 is 16.6 Å². The van der Waals surface area contributed by atoms with Crippen molar-refractivity contribution in [2.45, 2.75) is 32.7 Å². The topological polar surface area (TPSA) is 121 Å². The smallest absolute Gasteiger partial charge is 0.284 e. The van der Waals surface area contributed by atoms with Crippen molar-refractivity contribution in [3.8, 4) is 16.8 Å². The van der Waals surface area contributed by atoms with Crippen LogP contribution in [0.1, 0.15) is 35.8 Å². The molecule has 1 amide bonds. The van der Waals surface area contributed by atoms with E-state index < -0.39 is 24.4 Å². The first-order valence-corrected chi connectivity index (χ1v) is 12.7. The second kappa shape index (κ2) is 10.9. The summed E-state index contributed by atoms with van der Waals surface area (Å²) in [7, 11) is 0. The summed E-state index contributed by atoms with van der Waals surface area (Å²) >= 11 is 5.98. The summed E-state index contributed by atoms with van der Waals surface area (Å²) in [5.74, 6) is -0.481. The number of halogens is 3. The molecule has 2 aromatic carbocycles. The highest BCUT2D eigenvalue weighted by Crippen LogP contribution is 2.33. The Labute approximate surface area is 232 Å². The average Bonchev–Trinajstić information content (AvgIpc) is 3.28. The van der Waals surface area contributed by atoms with Crippen LogP contribution in [0.25, 0.3) is 27.8 Å². The van der Waals surface area contributed by atoms with E-state index in [0.717, 1.165) is 0 Å². The minimum Gasteiger partial charge on any atom is -0.383 e. The fraction of sp³-hybridized carbons (Fsp3) is 0.179. The highest BCUT2D eigenvalue weighted by molar-refractivity contribution is 6.30. The second-order valence-corrected chi connectivity index (χ2v) is 9.84. The van der Waals surface area contributed by atoms with Gasteiger partial charge >= 0.3 is 0 Å². The van der Waals surface area contributed by atoms with E-state index in [1.807, 2.05) is 13.8 Å². The van der Waals surface area contributed by atoms with Crippen LogP contribution in [0.15, 0.2) is 71.9 Å². The number of amides is 1. The number of benzene rings is 2. The van der Waals surface area contributed by atoms with Gasteiger partial charge in [-0.2, -0.15) is 9.78 Å². The Kier molecular flexibility index (Phi) is 7.31. The third kappa shape index (κ3) is 5.28. The lowest BCUT2D eigenvalue weighted by atomic mass is 10.1. The largest absolute Gasteiger partial charge is 0.383 e. The van der Waals surface area contributed by atoms with Crippen LogP contribution in [-0.2, 0) is 6.54 Å². The third-order valence-electron chi connectivity index (χ3n) is 6.31. The predicted molar refractivity (Wildman–Crippen MR) is 150 cm³/mol. The average molecular weight is 564 g/mol. The Morgan fingerprint density at radius 1 is 1.07 bits per heavy atom. The van der Waals surface area contributed by atoms with Gasteiger partial charge in [0, 0.05) is 22.5 Å². The van der Waals surface area contributed by atoms with Gasteiger partial charge in [0.25, 0.3) is 17.9 Å². The Balaban J connectivity index is 1.47. The number of anilines is 2. The lowest BCUT2D eigenvalue weighted by Crippen LogP contribution is -2.31. The number of hydrogen-bond donors (Lipinski definition) is 2. The predicted octanol–water partition coefficient (Wildman–Crippen LogP) is 5.52. The molecule has 12 heteroatoms. The van der Waals surface area contributed by atoms with Gasteiger partial charge in [0.1, 0.15) is 23.4 Å². The van der Waals surface area contributed by atoms with Gasteiger partial charge < -0.3 is 15.6 Å². The number of fused-ring (bicyclic) bond motifs is 1. The molecule has 5 aromatic rings. The molecular weight excluding hydrogens is 540 g/mol. The van der Waals surface area contributed by atoms with E-state index in [9.17, 15) is 18.4 Å². The van der Waals surface area contributed by atoms with E-state index in [4.69, 9.17) is 17.3 Å². The summed E-state index contributed by atoms with van der Waals surface area (Å²) < 4.78 is 28.8. The molecule has 0 aliphatic heterocycles. The fourth-order valence-corrected chi connectivity index (χ4v) is 4.43. The van der Waals surface area contributed by atoms with Crippen molar-refractivity contribution in [3.05, 3.63) is 93.8 Å². The Morgan fingerprint density at radius 2 is 1.77 bits per heavy atom. The lowest BCUT2D eigenvalue weighted by Gasteiger charge is -2.13. The maximum atomic E-state index is 13.3. The molecule has 204 valence electrons. The lowest BCUT2D eigenvalue weighted by molar-refractivity contribution is 0.102. The van der Waals surface area contributed by atoms with E-state index in [1.165, 1.54) is 21.6 Å². The van der Waals surface area contributed by atoms with Crippen molar-refractivity contribution in [3.63, 3.8) is 0 Å². The van der Waals surface area contributed by atoms with Crippen molar-refractivity contribution >= 4 is 40.0 Å². The van der Waals surface area contributed by atoms with Crippen LogP contribution in [0.5, 0.6) is 0 Å². The van der Waals surface area contributed by atoms with E-state index in [2.05, 4.69) is 20.4 Å². The molecule has 9 nitrogen and oxygen atoms in total. The number of rotatable bonds is 7. The molecule has 40 heavy (non-hydrogen) atoms. The van der Waals surface area contributed by atoms with Crippen molar-refractivity contribution in [2.24, 2.45) is 0 Å². The molecule has 0 bridgehead atoms. The summed E-state index contributed by atoms with van der Waals surface area (Å²) in [5, 5.41) is 8.15. The molecule has 3 aromatic heterocycles. The zero-order chi connectivity index (χ0) is 28.6. The standard InChI is InChI=1S/C28H24ClF2N7O2/c1-15(2)22-11-20(28(40)38(36-22)19-9-5-17(29)6-10-19)27(39)35-18-7-3-16(4-8-18)21-12-37(13-23(30)31)26-24(21)25(32)33-14-34-26/h3-12,14-15,23H,13H2,1-2H3,(H,35,39)(H2,32,33,34). The molecule has 0 unspecified atom stereocenters. The van der Waals surface area contributed by atoms with E-state index in [-0.39, 0.29) is 17.3 Å². The van der Waals surface area contributed by atoms with Crippen LogP contribution in [0.3, 0.4) is 0 Å².